The number of carbonyl (C=O) groups is 1. The molecule has 0 saturated heterocycles. The SMILES string of the molecule is Cc1nnc(SCC(=O)NCc2cc3ccccc3n2C)n1-c1ccccc1. The van der Waals surface area contributed by atoms with Crippen LogP contribution in [0, 0.1) is 6.92 Å². The van der Waals surface area contributed by atoms with Gasteiger partial charge in [-0.15, -0.1) is 10.2 Å². The van der Waals surface area contributed by atoms with Crippen LogP contribution in [0.3, 0.4) is 0 Å². The van der Waals surface area contributed by atoms with E-state index >= 15 is 0 Å². The maximum absolute atomic E-state index is 12.4. The molecule has 28 heavy (non-hydrogen) atoms. The second-order valence-electron chi connectivity index (χ2n) is 6.52. The van der Waals surface area contributed by atoms with Crippen LogP contribution >= 0.6 is 11.8 Å². The van der Waals surface area contributed by atoms with E-state index in [9.17, 15) is 4.79 Å². The molecule has 0 fully saturated rings. The quantitative estimate of drug-likeness (QED) is 0.511. The molecular formula is C21H21N5OS. The summed E-state index contributed by atoms with van der Waals surface area (Å²) in [5.41, 5.74) is 3.22. The standard InChI is InChI=1S/C21H21N5OS/c1-15-23-24-21(26(15)17-9-4-3-5-10-17)28-14-20(27)22-13-18-12-16-8-6-7-11-19(16)25(18)2/h3-12H,13-14H2,1-2H3,(H,22,27). The summed E-state index contributed by atoms with van der Waals surface area (Å²) in [6.45, 7) is 2.40. The van der Waals surface area contributed by atoms with Gasteiger partial charge < -0.3 is 9.88 Å². The van der Waals surface area contributed by atoms with Gasteiger partial charge in [0.2, 0.25) is 5.91 Å². The van der Waals surface area contributed by atoms with Gasteiger partial charge in [-0.1, -0.05) is 48.2 Å². The molecule has 0 aliphatic heterocycles. The Kier molecular flexibility index (Phi) is 5.16. The van der Waals surface area contributed by atoms with Crippen LogP contribution in [-0.2, 0) is 18.4 Å². The lowest BCUT2D eigenvalue weighted by Gasteiger charge is -2.09. The van der Waals surface area contributed by atoms with E-state index in [-0.39, 0.29) is 11.7 Å². The summed E-state index contributed by atoms with van der Waals surface area (Å²) in [4.78, 5) is 12.4. The zero-order valence-electron chi connectivity index (χ0n) is 15.8. The zero-order valence-corrected chi connectivity index (χ0v) is 16.6. The van der Waals surface area contributed by atoms with Gasteiger partial charge >= 0.3 is 0 Å². The van der Waals surface area contributed by atoms with Crippen LogP contribution in [0.25, 0.3) is 16.6 Å². The largest absolute Gasteiger partial charge is 0.350 e. The van der Waals surface area contributed by atoms with E-state index in [0.29, 0.717) is 11.7 Å². The predicted octanol–water partition coefficient (Wildman–Crippen LogP) is 3.48. The number of hydrogen-bond donors (Lipinski definition) is 1. The Labute approximate surface area is 167 Å². The second-order valence-corrected chi connectivity index (χ2v) is 7.46. The van der Waals surface area contributed by atoms with E-state index in [0.717, 1.165) is 22.7 Å². The van der Waals surface area contributed by atoms with Gasteiger partial charge in [-0.25, -0.2) is 0 Å². The first-order valence-electron chi connectivity index (χ1n) is 9.04. The monoisotopic (exact) mass is 391 g/mol. The molecule has 6 nitrogen and oxygen atoms in total. The number of aromatic nitrogens is 4. The predicted molar refractivity (Wildman–Crippen MR) is 112 cm³/mol. The molecule has 0 unspecified atom stereocenters. The molecule has 2 aromatic carbocycles. The van der Waals surface area contributed by atoms with Crippen LogP contribution in [-0.4, -0.2) is 31.0 Å². The summed E-state index contributed by atoms with van der Waals surface area (Å²) in [6, 6.07) is 20.2. The first kappa shape index (κ1) is 18.3. The van der Waals surface area contributed by atoms with Crippen molar-refractivity contribution in [1.82, 2.24) is 24.6 Å². The van der Waals surface area contributed by atoms with Crippen LogP contribution in [0.2, 0.25) is 0 Å². The molecule has 1 amide bonds. The molecule has 0 bridgehead atoms. The molecule has 4 rings (SSSR count). The van der Waals surface area contributed by atoms with Crippen molar-refractivity contribution in [3.8, 4) is 5.69 Å². The summed E-state index contributed by atoms with van der Waals surface area (Å²) in [6.07, 6.45) is 0. The van der Waals surface area contributed by atoms with E-state index < -0.39 is 0 Å². The van der Waals surface area contributed by atoms with E-state index in [1.54, 1.807) is 0 Å². The Bertz CT molecular complexity index is 1120. The molecule has 7 heteroatoms. The maximum Gasteiger partial charge on any atom is 0.230 e. The van der Waals surface area contributed by atoms with Gasteiger partial charge in [0.05, 0.1) is 12.3 Å². The molecule has 1 N–H and O–H groups in total. The Balaban J connectivity index is 1.39. The number of nitrogens with one attached hydrogen (secondary N) is 1. The molecule has 0 atom stereocenters. The van der Waals surface area contributed by atoms with Crippen LogP contribution in [0.5, 0.6) is 0 Å². The van der Waals surface area contributed by atoms with Crippen molar-refractivity contribution in [2.75, 3.05) is 5.75 Å². The van der Waals surface area contributed by atoms with Crippen molar-refractivity contribution in [2.45, 2.75) is 18.6 Å². The lowest BCUT2D eigenvalue weighted by Crippen LogP contribution is -2.25. The highest BCUT2D eigenvalue weighted by atomic mass is 32.2. The van der Waals surface area contributed by atoms with Gasteiger partial charge in [0.25, 0.3) is 0 Å². The molecule has 2 aromatic heterocycles. The molecular weight excluding hydrogens is 370 g/mol. The van der Waals surface area contributed by atoms with Crippen LogP contribution in [0.1, 0.15) is 11.5 Å². The average Bonchev–Trinajstić information content (AvgIpc) is 3.25. The fraction of sp³-hybridized carbons (Fsp3) is 0.190. The molecule has 0 saturated carbocycles. The number of fused-ring (bicyclic) bond motifs is 1. The fourth-order valence-corrected chi connectivity index (χ4v) is 4.02. The summed E-state index contributed by atoms with van der Waals surface area (Å²) in [5.74, 6) is 1.05. The minimum Gasteiger partial charge on any atom is -0.350 e. The van der Waals surface area contributed by atoms with Crippen LogP contribution < -0.4 is 5.32 Å². The molecule has 2 heterocycles. The Hall–Kier alpha value is -3.06. The minimum absolute atomic E-state index is 0.0319. The molecule has 0 aliphatic carbocycles. The third kappa shape index (κ3) is 3.66. The molecule has 4 aromatic rings. The van der Waals surface area contributed by atoms with E-state index in [2.05, 4.69) is 38.3 Å². The van der Waals surface area contributed by atoms with Crippen molar-refractivity contribution in [3.63, 3.8) is 0 Å². The summed E-state index contributed by atoms with van der Waals surface area (Å²) >= 11 is 1.39. The first-order chi connectivity index (χ1) is 13.6. The highest BCUT2D eigenvalue weighted by Crippen LogP contribution is 2.22. The number of hydrogen-bond acceptors (Lipinski definition) is 4. The van der Waals surface area contributed by atoms with Gasteiger partial charge in [-0.3, -0.25) is 9.36 Å². The second kappa shape index (κ2) is 7.90. The number of carbonyl (C=O) groups excluding carboxylic acids is 1. The van der Waals surface area contributed by atoms with E-state index in [4.69, 9.17) is 0 Å². The Morgan fingerprint density at radius 1 is 1.07 bits per heavy atom. The highest BCUT2D eigenvalue weighted by molar-refractivity contribution is 7.99. The van der Waals surface area contributed by atoms with Crippen molar-refractivity contribution in [1.29, 1.82) is 0 Å². The van der Waals surface area contributed by atoms with Crippen molar-refractivity contribution < 1.29 is 4.79 Å². The van der Waals surface area contributed by atoms with Crippen LogP contribution in [0.15, 0.2) is 65.8 Å². The normalized spacial score (nSPS) is 11.1. The maximum atomic E-state index is 12.4. The number of thioether (sulfide) groups is 1. The molecule has 0 spiro atoms. The number of nitrogens with zero attached hydrogens (tertiary/aromatic N) is 4. The van der Waals surface area contributed by atoms with Gasteiger partial charge in [-0.2, -0.15) is 0 Å². The van der Waals surface area contributed by atoms with Crippen molar-refractivity contribution in [3.05, 3.63) is 72.2 Å². The fourth-order valence-electron chi connectivity index (χ4n) is 3.20. The molecule has 142 valence electrons. The third-order valence-electron chi connectivity index (χ3n) is 4.66. The molecule has 0 radical (unpaired) electrons. The smallest absolute Gasteiger partial charge is 0.230 e. The van der Waals surface area contributed by atoms with Gasteiger partial charge in [0, 0.05) is 23.9 Å². The number of benzene rings is 2. The van der Waals surface area contributed by atoms with E-state index in [1.807, 2.05) is 61.0 Å². The number of aryl methyl sites for hydroxylation is 2. The number of para-hydroxylation sites is 2. The first-order valence-corrected chi connectivity index (χ1v) is 10.0. The van der Waals surface area contributed by atoms with Gasteiger partial charge in [-0.05, 0) is 36.6 Å². The van der Waals surface area contributed by atoms with Gasteiger partial charge in [0.1, 0.15) is 5.82 Å². The average molecular weight is 392 g/mol. The topological polar surface area (TPSA) is 64.7 Å². The zero-order chi connectivity index (χ0) is 19.5. The number of rotatable bonds is 6. The van der Waals surface area contributed by atoms with Crippen molar-refractivity contribution in [2.24, 2.45) is 7.05 Å². The number of amides is 1. The minimum atomic E-state index is -0.0319. The Morgan fingerprint density at radius 3 is 2.61 bits per heavy atom. The van der Waals surface area contributed by atoms with E-state index in [1.165, 1.54) is 17.1 Å². The van der Waals surface area contributed by atoms with Crippen LogP contribution in [0.4, 0.5) is 0 Å². The lowest BCUT2D eigenvalue weighted by molar-refractivity contribution is -0.118. The highest BCUT2D eigenvalue weighted by Gasteiger charge is 2.13. The van der Waals surface area contributed by atoms with Crippen molar-refractivity contribution >= 4 is 28.6 Å². The summed E-state index contributed by atoms with van der Waals surface area (Å²) in [5, 5.41) is 13.3. The Morgan fingerprint density at radius 2 is 1.82 bits per heavy atom. The third-order valence-corrected chi connectivity index (χ3v) is 5.59. The summed E-state index contributed by atoms with van der Waals surface area (Å²) in [7, 11) is 2.02. The molecule has 0 aliphatic rings. The lowest BCUT2D eigenvalue weighted by atomic mass is 10.2. The summed E-state index contributed by atoms with van der Waals surface area (Å²) < 4.78 is 4.07. The van der Waals surface area contributed by atoms with Gasteiger partial charge in [0.15, 0.2) is 5.16 Å².